The number of carbonyl (C=O) groups is 1. The van der Waals surface area contributed by atoms with Crippen LogP contribution in [0.4, 0.5) is 4.39 Å². The highest BCUT2D eigenvalue weighted by Crippen LogP contribution is 2.31. The Morgan fingerprint density at radius 2 is 1.83 bits per heavy atom. The molecule has 0 saturated carbocycles. The monoisotopic (exact) mass is 399 g/mol. The minimum atomic E-state index is -0.593. The van der Waals surface area contributed by atoms with Crippen LogP contribution in [0, 0.1) is 12.7 Å². The summed E-state index contributed by atoms with van der Waals surface area (Å²) in [6.07, 6.45) is 2.75. The lowest BCUT2D eigenvalue weighted by Crippen LogP contribution is -2.13. The van der Waals surface area contributed by atoms with E-state index in [4.69, 9.17) is 5.73 Å². The van der Waals surface area contributed by atoms with Gasteiger partial charge >= 0.3 is 0 Å². The van der Waals surface area contributed by atoms with E-state index in [9.17, 15) is 9.18 Å². The van der Waals surface area contributed by atoms with E-state index in [2.05, 4.69) is 29.0 Å². The van der Waals surface area contributed by atoms with Gasteiger partial charge in [-0.2, -0.15) is 0 Å². The van der Waals surface area contributed by atoms with E-state index in [1.165, 1.54) is 17.7 Å². The SMILES string of the molecule is Cc1ccc(CC(C)c2ccc3c(-c4ccc(F)cc4)cc(C(N)=O)nc3c2)cn1. The molecule has 0 bridgehead atoms. The Labute approximate surface area is 174 Å². The maximum Gasteiger partial charge on any atom is 0.267 e. The van der Waals surface area contributed by atoms with Crippen LogP contribution in [0.2, 0.25) is 0 Å². The van der Waals surface area contributed by atoms with Crippen molar-refractivity contribution in [3.63, 3.8) is 0 Å². The molecule has 2 N–H and O–H groups in total. The number of halogens is 1. The van der Waals surface area contributed by atoms with Crippen LogP contribution < -0.4 is 5.73 Å². The second kappa shape index (κ2) is 8.03. The molecule has 0 aliphatic carbocycles. The smallest absolute Gasteiger partial charge is 0.267 e. The second-order valence-corrected chi connectivity index (χ2v) is 7.62. The number of benzene rings is 2. The van der Waals surface area contributed by atoms with Gasteiger partial charge in [-0.15, -0.1) is 0 Å². The summed E-state index contributed by atoms with van der Waals surface area (Å²) in [6.45, 7) is 4.12. The molecular weight excluding hydrogens is 377 g/mol. The van der Waals surface area contributed by atoms with Crippen LogP contribution in [-0.4, -0.2) is 15.9 Å². The molecule has 1 atom stereocenters. The van der Waals surface area contributed by atoms with E-state index in [1.54, 1.807) is 18.2 Å². The quantitative estimate of drug-likeness (QED) is 0.502. The Bertz CT molecular complexity index is 1220. The van der Waals surface area contributed by atoms with Gasteiger partial charge in [0.05, 0.1) is 5.52 Å². The van der Waals surface area contributed by atoms with Crippen LogP contribution in [0.5, 0.6) is 0 Å². The zero-order valence-electron chi connectivity index (χ0n) is 16.9. The minimum Gasteiger partial charge on any atom is -0.364 e. The first-order valence-corrected chi connectivity index (χ1v) is 9.82. The van der Waals surface area contributed by atoms with Gasteiger partial charge in [-0.3, -0.25) is 9.78 Å². The Kier molecular flexibility index (Phi) is 5.27. The lowest BCUT2D eigenvalue weighted by molar-refractivity contribution is 0.0996. The molecule has 4 rings (SSSR count). The second-order valence-electron chi connectivity index (χ2n) is 7.62. The molecule has 0 spiro atoms. The lowest BCUT2D eigenvalue weighted by atomic mass is 9.92. The lowest BCUT2D eigenvalue weighted by Gasteiger charge is -2.15. The number of hydrogen-bond acceptors (Lipinski definition) is 3. The average Bonchev–Trinajstić information content (AvgIpc) is 2.74. The summed E-state index contributed by atoms with van der Waals surface area (Å²) >= 11 is 0. The first kappa shape index (κ1) is 19.7. The van der Waals surface area contributed by atoms with Gasteiger partial charge in [-0.1, -0.05) is 37.3 Å². The largest absolute Gasteiger partial charge is 0.364 e. The van der Waals surface area contributed by atoms with Gasteiger partial charge < -0.3 is 5.73 Å². The highest BCUT2D eigenvalue weighted by Gasteiger charge is 2.14. The van der Waals surface area contributed by atoms with Gasteiger partial charge in [0.1, 0.15) is 11.5 Å². The summed E-state index contributed by atoms with van der Waals surface area (Å²) in [6, 6.07) is 18.0. The van der Waals surface area contributed by atoms with Crippen LogP contribution >= 0.6 is 0 Å². The number of nitrogens with zero attached hydrogens (tertiary/aromatic N) is 2. The van der Waals surface area contributed by atoms with Crippen molar-refractivity contribution in [2.75, 3.05) is 0 Å². The predicted molar refractivity (Wildman–Crippen MR) is 117 cm³/mol. The average molecular weight is 399 g/mol. The molecule has 1 amide bonds. The van der Waals surface area contributed by atoms with Gasteiger partial charge in [0.15, 0.2) is 0 Å². The Morgan fingerprint density at radius 3 is 2.50 bits per heavy atom. The van der Waals surface area contributed by atoms with E-state index in [0.29, 0.717) is 5.52 Å². The fourth-order valence-electron chi connectivity index (χ4n) is 3.64. The number of primary amides is 1. The summed E-state index contributed by atoms with van der Waals surface area (Å²) in [7, 11) is 0. The molecule has 0 aliphatic heterocycles. The normalized spacial score (nSPS) is 12.1. The number of amides is 1. The summed E-state index contributed by atoms with van der Waals surface area (Å²) in [5.74, 6) is -0.661. The van der Waals surface area contributed by atoms with Gasteiger partial charge in [0, 0.05) is 17.3 Å². The summed E-state index contributed by atoms with van der Waals surface area (Å²) < 4.78 is 13.4. The number of pyridine rings is 2. The number of hydrogen-bond donors (Lipinski definition) is 1. The topological polar surface area (TPSA) is 68.9 Å². The van der Waals surface area contributed by atoms with Crippen molar-refractivity contribution in [1.82, 2.24) is 9.97 Å². The van der Waals surface area contributed by atoms with E-state index in [1.807, 2.05) is 31.3 Å². The Balaban J connectivity index is 1.76. The summed E-state index contributed by atoms with van der Waals surface area (Å²) in [5, 5.41) is 0.888. The van der Waals surface area contributed by atoms with E-state index >= 15 is 0 Å². The summed E-state index contributed by atoms with van der Waals surface area (Å²) in [4.78, 5) is 20.7. The number of aromatic nitrogens is 2. The fraction of sp³-hybridized carbons (Fsp3) is 0.160. The molecule has 150 valence electrons. The molecule has 4 aromatic rings. The van der Waals surface area contributed by atoms with Gasteiger partial charge in [0.25, 0.3) is 5.91 Å². The third kappa shape index (κ3) is 4.06. The fourth-order valence-corrected chi connectivity index (χ4v) is 3.64. The zero-order valence-corrected chi connectivity index (χ0v) is 16.9. The third-order valence-corrected chi connectivity index (χ3v) is 5.33. The molecule has 0 fully saturated rings. The molecule has 4 nitrogen and oxygen atoms in total. The van der Waals surface area contributed by atoms with Crippen molar-refractivity contribution < 1.29 is 9.18 Å². The van der Waals surface area contributed by atoms with Crippen LogP contribution in [0.1, 0.15) is 40.2 Å². The third-order valence-electron chi connectivity index (χ3n) is 5.33. The van der Waals surface area contributed by atoms with Crippen molar-refractivity contribution in [3.05, 3.63) is 95.2 Å². The molecule has 2 aromatic heterocycles. The maximum atomic E-state index is 13.4. The van der Waals surface area contributed by atoms with E-state index in [0.717, 1.165) is 34.2 Å². The first-order valence-electron chi connectivity index (χ1n) is 9.82. The minimum absolute atomic E-state index is 0.189. The standard InChI is InChI=1S/C25H22FN3O/c1-15(11-17-4-3-16(2)28-14-17)19-7-10-21-22(18-5-8-20(26)9-6-18)13-24(25(27)30)29-23(21)12-19/h3-10,12-15H,11H2,1-2H3,(H2,27,30). The van der Waals surface area contributed by atoms with Crippen LogP contribution in [0.25, 0.3) is 22.0 Å². The van der Waals surface area contributed by atoms with Crippen LogP contribution in [0.3, 0.4) is 0 Å². The molecular formula is C25H22FN3O. The van der Waals surface area contributed by atoms with Gasteiger partial charge in [-0.25, -0.2) is 9.37 Å². The highest BCUT2D eigenvalue weighted by atomic mass is 19.1. The molecule has 5 heteroatoms. The first-order chi connectivity index (χ1) is 14.4. The zero-order chi connectivity index (χ0) is 21.3. The van der Waals surface area contributed by atoms with Crippen LogP contribution in [0.15, 0.2) is 66.9 Å². The molecule has 0 aliphatic rings. The van der Waals surface area contributed by atoms with Gasteiger partial charge in [0.2, 0.25) is 0 Å². The molecule has 0 radical (unpaired) electrons. The Morgan fingerprint density at radius 1 is 1.07 bits per heavy atom. The van der Waals surface area contributed by atoms with Crippen molar-refractivity contribution in [2.45, 2.75) is 26.2 Å². The van der Waals surface area contributed by atoms with Crippen molar-refractivity contribution in [2.24, 2.45) is 5.73 Å². The molecule has 2 heterocycles. The highest BCUT2D eigenvalue weighted by molar-refractivity contribution is 6.00. The molecule has 0 saturated heterocycles. The maximum absolute atomic E-state index is 13.4. The predicted octanol–water partition coefficient (Wildman–Crippen LogP) is 5.19. The van der Waals surface area contributed by atoms with Crippen molar-refractivity contribution in [3.8, 4) is 11.1 Å². The molecule has 1 unspecified atom stereocenters. The number of fused-ring (bicyclic) bond motifs is 1. The van der Waals surface area contributed by atoms with E-state index in [-0.39, 0.29) is 17.4 Å². The molecule has 2 aromatic carbocycles. The van der Waals surface area contributed by atoms with Crippen LogP contribution in [-0.2, 0) is 6.42 Å². The molecule has 30 heavy (non-hydrogen) atoms. The number of nitrogens with two attached hydrogens (primary N) is 1. The number of carbonyl (C=O) groups excluding carboxylic acids is 1. The van der Waals surface area contributed by atoms with Crippen molar-refractivity contribution >= 4 is 16.8 Å². The van der Waals surface area contributed by atoms with Crippen molar-refractivity contribution in [1.29, 1.82) is 0 Å². The summed E-state index contributed by atoms with van der Waals surface area (Å²) in [5.41, 5.74) is 11.3. The number of aryl methyl sites for hydroxylation is 1. The number of rotatable bonds is 5. The van der Waals surface area contributed by atoms with Gasteiger partial charge in [-0.05, 0) is 71.8 Å². The Hall–Kier alpha value is -3.60. The van der Waals surface area contributed by atoms with E-state index < -0.39 is 5.91 Å².